The van der Waals surface area contributed by atoms with Crippen molar-refractivity contribution in [3.63, 3.8) is 0 Å². The average Bonchev–Trinajstić information content (AvgIpc) is 2.19. The summed E-state index contributed by atoms with van der Waals surface area (Å²) in [5, 5.41) is 11.8. The summed E-state index contributed by atoms with van der Waals surface area (Å²) >= 11 is 0. The fraction of sp³-hybridized carbons (Fsp3) is 0.900. The minimum absolute atomic E-state index is 0.306. The Hall–Kier alpha value is -0.610. The van der Waals surface area contributed by atoms with Crippen molar-refractivity contribution in [2.24, 2.45) is 11.8 Å². The van der Waals surface area contributed by atoms with Crippen LogP contribution in [0.5, 0.6) is 0 Å². The van der Waals surface area contributed by atoms with Gasteiger partial charge >= 0.3 is 5.97 Å². The summed E-state index contributed by atoms with van der Waals surface area (Å²) in [6.07, 6.45) is 2.31. The van der Waals surface area contributed by atoms with Crippen LogP contribution in [-0.4, -0.2) is 37.4 Å². The highest BCUT2D eigenvalue weighted by molar-refractivity contribution is 5.69. The van der Waals surface area contributed by atoms with Crippen molar-refractivity contribution in [2.45, 2.75) is 19.8 Å². The molecule has 2 N–H and O–H groups in total. The summed E-state index contributed by atoms with van der Waals surface area (Å²) in [7, 11) is 0. The largest absolute Gasteiger partial charge is 0.481 e. The molecule has 4 heteroatoms. The van der Waals surface area contributed by atoms with Gasteiger partial charge in [0.15, 0.2) is 0 Å². The van der Waals surface area contributed by atoms with Gasteiger partial charge in [-0.15, -0.1) is 0 Å². The number of rotatable bonds is 5. The second kappa shape index (κ2) is 5.98. The third kappa shape index (κ3) is 4.07. The van der Waals surface area contributed by atoms with E-state index in [2.05, 4.69) is 5.32 Å². The lowest BCUT2D eigenvalue weighted by Gasteiger charge is -2.22. The van der Waals surface area contributed by atoms with Crippen molar-refractivity contribution >= 4 is 5.97 Å². The Morgan fingerprint density at radius 1 is 1.71 bits per heavy atom. The summed E-state index contributed by atoms with van der Waals surface area (Å²) < 4.78 is 5.33. The minimum atomic E-state index is -0.739. The molecule has 2 unspecified atom stereocenters. The van der Waals surface area contributed by atoms with Gasteiger partial charge in [0.2, 0.25) is 0 Å². The van der Waals surface area contributed by atoms with Crippen LogP contribution in [0.15, 0.2) is 0 Å². The molecule has 0 bridgehead atoms. The normalized spacial score (nSPS) is 24.5. The molecule has 0 aromatic heterocycles. The summed E-state index contributed by atoms with van der Waals surface area (Å²) in [4.78, 5) is 10.5. The lowest BCUT2D eigenvalue weighted by Crippen LogP contribution is -2.33. The predicted octanol–water partition coefficient (Wildman–Crippen LogP) is 0.723. The molecule has 14 heavy (non-hydrogen) atoms. The lowest BCUT2D eigenvalue weighted by molar-refractivity contribution is -0.140. The smallest absolute Gasteiger partial charge is 0.307 e. The molecule has 1 heterocycles. The molecule has 1 rings (SSSR count). The second-order valence-electron chi connectivity index (χ2n) is 3.98. The van der Waals surface area contributed by atoms with E-state index in [0.717, 1.165) is 26.2 Å². The molecule has 2 atom stereocenters. The first-order valence-corrected chi connectivity index (χ1v) is 5.21. The fourth-order valence-electron chi connectivity index (χ4n) is 1.56. The maximum atomic E-state index is 10.5. The highest BCUT2D eigenvalue weighted by Gasteiger charge is 2.15. The number of hydrogen-bond acceptors (Lipinski definition) is 3. The van der Waals surface area contributed by atoms with Crippen LogP contribution in [0.2, 0.25) is 0 Å². The third-order valence-electron chi connectivity index (χ3n) is 2.56. The van der Waals surface area contributed by atoms with Crippen LogP contribution in [0.25, 0.3) is 0 Å². The standard InChI is InChI=1S/C10H19NO3/c1-8(10(12)13)5-11-6-9-3-2-4-14-7-9/h8-9,11H,2-7H2,1H3,(H,12,13). The SMILES string of the molecule is CC(CNCC1CCCOC1)C(=O)O. The van der Waals surface area contributed by atoms with E-state index in [4.69, 9.17) is 9.84 Å². The summed E-state index contributed by atoms with van der Waals surface area (Å²) in [5.41, 5.74) is 0. The summed E-state index contributed by atoms with van der Waals surface area (Å²) in [6, 6.07) is 0. The average molecular weight is 201 g/mol. The zero-order chi connectivity index (χ0) is 10.4. The van der Waals surface area contributed by atoms with Gasteiger partial charge in [-0.3, -0.25) is 4.79 Å². The second-order valence-corrected chi connectivity index (χ2v) is 3.98. The van der Waals surface area contributed by atoms with E-state index in [9.17, 15) is 4.79 Å². The third-order valence-corrected chi connectivity index (χ3v) is 2.56. The predicted molar refractivity (Wildman–Crippen MR) is 53.2 cm³/mol. The van der Waals surface area contributed by atoms with Gasteiger partial charge in [-0.1, -0.05) is 6.92 Å². The number of hydrogen-bond donors (Lipinski definition) is 2. The number of carbonyl (C=O) groups is 1. The van der Waals surface area contributed by atoms with Crippen molar-refractivity contribution in [1.29, 1.82) is 0 Å². The Morgan fingerprint density at radius 2 is 2.50 bits per heavy atom. The number of aliphatic carboxylic acids is 1. The molecule has 0 aromatic rings. The van der Waals surface area contributed by atoms with Crippen molar-refractivity contribution < 1.29 is 14.6 Å². The first-order valence-electron chi connectivity index (χ1n) is 5.21. The Morgan fingerprint density at radius 3 is 3.07 bits per heavy atom. The first-order chi connectivity index (χ1) is 6.70. The number of carboxylic acid groups (broad SMARTS) is 1. The fourth-order valence-corrected chi connectivity index (χ4v) is 1.56. The van der Waals surface area contributed by atoms with Crippen molar-refractivity contribution in [3.8, 4) is 0 Å². The molecule has 4 nitrogen and oxygen atoms in total. The van der Waals surface area contributed by atoms with Gasteiger partial charge in [0.25, 0.3) is 0 Å². The van der Waals surface area contributed by atoms with Crippen LogP contribution >= 0.6 is 0 Å². The maximum absolute atomic E-state index is 10.5. The van der Waals surface area contributed by atoms with Gasteiger partial charge in [0, 0.05) is 19.7 Å². The summed E-state index contributed by atoms with van der Waals surface area (Å²) in [6.45, 7) is 4.83. The Labute approximate surface area is 84.6 Å². The van der Waals surface area contributed by atoms with Crippen LogP contribution in [0.3, 0.4) is 0 Å². The van der Waals surface area contributed by atoms with Crippen molar-refractivity contribution in [3.05, 3.63) is 0 Å². The van der Waals surface area contributed by atoms with E-state index in [-0.39, 0.29) is 5.92 Å². The first kappa shape index (κ1) is 11.5. The van der Waals surface area contributed by atoms with Gasteiger partial charge in [0.05, 0.1) is 12.5 Å². The van der Waals surface area contributed by atoms with E-state index >= 15 is 0 Å². The van der Waals surface area contributed by atoms with E-state index in [0.29, 0.717) is 12.5 Å². The molecular formula is C10H19NO3. The summed E-state index contributed by atoms with van der Waals surface area (Å²) in [5.74, 6) is -0.485. The van der Waals surface area contributed by atoms with Crippen LogP contribution in [0.1, 0.15) is 19.8 Å². The molecular weight excluding hydrogens is 182 g/mol. The van der Waals surface area contributed by atoms with Crippen LogP contribution < -0.4 is 5.32 Å². The van der Waals surface area contributed by atoms with Crippen molar-refractivity contribution in [1.82, 2.24) is 5.32 Å². The Balaban J connectivity index is 2.05. The van der Waals surface area contributed by atoms with Gasteiger partial charge < -0.3 is 15.2 Å². The molecule has 1 fully saturated rings. The van der Waals surface area contributed by atoms with E-state index in [1.54, 1.807) is 6.92 Å². The zero-order valence-corrected chi connectivity index (χ0v) is 8.66. The molecule has 82 valence electrons. The molecule has 1 saturated heterocycles. The number of ether oxygens (including phenoxy) is 1. The quantitative estimate of drug-likeness (QED) is 0.688. The zero-order valence-electron chi connectivity index (χ0n) is 8.66. The van der Waals surface area contributed by atoms with Gasteiger partial charge in [-0.05, 0) is 18.8 Å². The van der Waals surface area contributed by atoms with Crippen LogP contribution in [0.4, 0.5) is 0 Å². The van der Waals surface area contributed by atoms with E-state index < -0.39 is 5.97 Å². The Bertz CT molecular complexity index is 178. The maximum Gasteiger partial charge on any atom is 0.307 e. The highest BCUT2D eigenvalue weighted by Crippen LogP contribution is 2.12. The van der Waals surface area contributed by atoms with Gasteiger partial charge in [-0.2, -0.15) is 0 Å². The molecule has 0 spiro atoms. The lowest BCUT2D eigenvalue weighted by atomic mass is 10.0. The number of carboxylic acids is 1. The molecule has 0 aliphatic carbocycles. The van der Waals surface area contributed by atoms with E-state index in [1.165, 1.54) is 6.42 Å². The molecule has 0 saturated carbocycles. The highest BCUT2D eigenvalue weighted by atomic mass is 16.5. The molecule has 0 radical (unpaired) electrons. The minimum Gasteiger partial charge on any atom is -0.481 e. The molecule has 0 aromatic carbocycles. The van der Waals surface area contributed by atoms with Gasteiger partial charge in [0.1, 0.15) is 0 Å². The number of nitrogens with one attached hydrogen (secondary N) is 1. The topological polar surface area (TPSA) is 58.6 Å². The monoisotopic (exact) mass is 201 g/mol. The van der Waals surface area contributed by atoms with E-state index in [1.807, 2.05) is 0 Å². The van der Waals surface area contributed by atoms with Crippen LogP contribution in [-0.2, 0) is 9.53 Å². The van der Waals surface area contributed by atoms with Gasteiger partial charge in [-0.25, -0.2) is 0 Å². The molecule has 1 aliphatic rings. The molecule has 0 amide bonds. The van der Waals surface area contributed by atoms with Crippen LogP contribution in [0, 0.1) is 11.8 Å². The Kier molecular flexibility index (Phi) is 4.90. The van der Waals surface area contributed by atoms with Crippen molar-refractivity contribution in [2.75, 3.05) is 26.3 Å². The molecule has 1 aliphatic heterocycles.